The summed E-state index contributed by atoms with van der Waals surface area (Å²) in [5.41, 5.74) is 0. The molecule has 0 aromatic rings. The number of carbonyl (C=O) groups is 2. The molecule has 1 aliphatic rings. The predicted molar refractivity (Wildman–Crippen MR) is 250 cm³/mol. The molecule has 0 aliphatic heterocycles. The maximum atomic E-state index is 12.8. The topological polar surface area (TPSA) is 230 Å². The Morgan fingerprint density at radius 3 is 1.56 bits per heavy atom. The van der Waals surface area contributed by atoms with Crippen LogP contribution in [0.15, 0.2) is 36.5 Å². The third kappa shape index (κ3) is 31.1. The van der Waals surface area contributed by atoms with E-state index < -0.39 is 81.8 Å². The minimum atomic E-state index is -5.17. The smallest absolute Gasteiger partial charge is 0.462 e. The molecule has 14 nitrogen and oxygen atoms in total. The van der Waals surface area contributed by atoms with E-state index in [2.05, 4.69) is 26.0 Å². The number of carbonyl (C=O) groups excluding carboxylic acids is 2. The molecule has 1 rings (SSSR count). The van der Waals surface area contributed by atoms with Gasteiger partial charge in [0.2, 0.25) is 0 Å². The molecule has 1 aliphatic carbocycles. The predicted octanol–water partition coefficient (Wildman–Crippen LogP) is 9.14. The zero-order valence-electron chi connectivity index (χ0n) is 39.4. The van der Waals surface area contributed by atoms with E-state index in [1.54, 1.807) is 12.2 Å². The summed E-state index contributed by atoms with van der Waals surface area (Å²) in [6.45, 7) is 3.15. The number of hydrogen-bond donors (Lipinski definition) is 7. The minimum absolute atomic E-state index is 0.125. The number of ether oxygens (including phenoxy) is 2. The molecule has 374 valence electrons. The van der Waals surface area contributed by atoms with Crippen LogP contribution in [0.2, 0.25) is 0 Å². The third-order valence-corrected chi connectivity index (χ3v) is 12.6. The monoisotopic (exact) mass is 933 g/mol. The molecule has 0 amide bonds. The van der Waals surface area contributed by atoms with Crippen LogP contribution in [-0.2, 0) is 32.7 Å². The molecule has 64 heavy (non-hydrogen) atoms. The summed E-state index contributed by atoms with van der Waals surface area (Å²) in [6.07, 6.45) is 27.8. The number of phosphoric ester groups is 1. The summed E-state index contributed by atoms with van der Waals surface area (Å²) >= 11 is 0. The highest BCUT2D eigenvalue weighted by Gasteiger charge is 2.51. The van der Waals surface area contributed by atoms with Gasteiger partial charge in [-0.3, -0.25) is 18.6 Å². The molecule has 7 N–H and O–H groups in total. The van der Waals surface area contributed by atoms with Gasteiger partial charge in [0.05, 0.1) is 12.7 Å². The van der Waals surface area contributed by atoms with E-state index in [-0.39, 0.29) is 25.7 Å². The van der Waals surface area contributed by atoms with Gasteiger partial charge in [-0.05, 0) is 38.5 Å². The molecule has 1 saturated carbocycles. The fourth-order valence-electron chi connectivity index (χ4n) is 7.53. The largest absolute Gasteiger partial charge is 0.472 e. The van der Waals surface area contributed by atoms with E-state index in [0.717, 1.165) is 32.1 Å². The Labute approximate surface area is 385 Å². The molecule has 0 saturated heterocycles. The maximum absolute atomic E-state index is 12.8. The van der Waals surface area contributed by atoms with Crippen LogP contribution in [0.25, 0.3) is 0 Å². The Morgan fingerprint density at radius 1 is 0.562 bits per heavy atom. The molecule has 0 aromatic carbocycles. The quantitative estimate of drug-likeness (QED) is 0.00997. The molecule has 0 radical (unpaired) electrons. The molecule has 0 bridgehead atoms. The van der Waals surface area contributed by atoms with Crippen LogP contribution < -0.4 is 0 Å². The van der Waals surface area contributed by atoms with Crippen LogP contribution in [0.5, 0.6) is 0 Å². The molecule has 0 spiro atoms. The molecule has 15 heteroatoms. The van der Waals surface area contributed by atoms with E-state index in [9.17, 15) is 49.7 Å². The van der Waals surface area contributed by atoms with Crippen LogP contribution in [0, 0.1) is 0 Å². The Morgan fingerprint density at radius 2 is 1.03 bits per heavy atom. The minimum Gasteiger partial charge on any atom is -0.462 e. The van der Waals surface area contributed by atoms with E-state index in [1.807, 2.05) is 12.2 Å². The Hall–Kier alpha value is -1.97. The number of rotatable bonds is 41. The number of esters is 2. The van der Waals surface area contributed by atoms with E-state index >= 15 is 0 Å². The highest BCUT2D eigenvalue weighted by atomic mass is 31.2. The lowest BCUT2D eigenvalue weighted by Crippen LogP contribution is -2.64. The first-order valence-corrected chi connectivity index (χ1v) is 26.4. The molecule has 1 fully saturated rings. The van der Waals surface area contributed by atoms with Gasteiger partial charge in [-0.15, -0.1) is 0 Å². The first-order chi connectivity index (χ1) is 30.8. The lowest BCUT2D eigenvalue weighted by atomic mass is 9.85. The van der Waals surface area contributed by atoms with Crippen molar-refractivity contribution in [3.8, 4) is 0 Å². The second kappa shape index (κ2) is 39.1. The van der Waals surface area contributed by atoms with Crippen molar-refractivity contribution in [3.63, 3.8) is 0 Å². The summed E-state index contributed by atoms with van der Waals surface area (Å²) in [4.78, 5) is 35.8. The van der Waals surface area contributed by atoms with Crippen molar-refractivity contribution in [1.82, 2.24) is 0 Å². The van der Waals surface area contributed by atoms with Crippen molar-refractivity contribution in [2.24, 2.45) is 0 Å². The summed E-state index contributed by atoms with van der Waals surface area (Å²) < 4.78 is 33.4. The van der Waals surface area contributed by atoms with E-state index in [1.165, 1.54) is 122 Å². The number of allylic oxidation sites excluding steroid dienone is 5. The van der Waals surface area contributed by atoms with Gasteiger partial charge in [-0.2, -0.15) is 0 Å². The molecular weight excluding hydrogens is 843 g/mol. The zero-order valence-corrected chi connectivity index (χ0v) is 40.3. The number of phosphoric acid groups is 1. The first-order valence-electron chi connectivity index (χ1n) is 24.9. The van der Waals surface area contributed by atoms with Gasteiger partial charge in [-0.1, -0.05) is 185 Å². The number of hydrogen-bond acceptors (Lipinski definition) is 13. The maximum Gasteiger partial charge on any atom is 0.472 e. The first kappa shape index (κ1) is 60.0. The van der Waals surface area contributed by atoms with Crippen molar-refractivity contribution in [1.29, 1.82) is 0 Å². The van der Waals surface area contributed by atoms with Gasteiger partial charge >= 0.3 is 19.8 Å². The van der Waals surface area contributed by atoms with Gasteiger partial charge in [0, 0.05) is 12.8 Å². The normalized spacial score (nSPS) is 22.3. The Kier molecular flexibility index (Phi) is 36.7. The fraction of sp³-hybridized carbons (Fsp3) is 0.837. The van der Waals surface area contributed by atoms with Crippen molar-refractivity contribution in [3.05, 3.63) is 36.5 Å². The average molecular weight is 933 g/mol. The van der Waals surface area contributed by atoms with Crippen LogP contribution in [0.1, 0.15) is 200 Å². The molecule has 0 heterocycles. The van der Waals surface area contributed by atoms with Crippen LogP contribution in [0.3, 0.4) is 0 Å². The van der Waals surface area contributed by atoms with Crippen LogP contribution in [-0.4, -0.2) is 110 Å². The van der Waals surface area contributed by atoms with Crippen molar-refractivity contribution < 1.29 is 68.2 Å². The van der Waals surface area contributed by atoms with Crippen molar-refractivity contribution in [2.45, 2.75) is 249 Å². The highest BCUT2D eigenvalue weighted by Crippen LogP contribution is 2.47. The molecule has 4 unspecified atom stereocenters. The third-order valence-electron chi connectivity index (χ3n) is 11.6. The van der Waals surface area contributed by atoms with Crippen LogP contribution in [0.4, 0.5) is 0 Å². The molecular formula is C49H89O14P. The van der Waals surface area contributed by atoms with Crippen molar-refractivity contribution in [2.75, 3.05) is 13.2 Å². The fourth-order valence-corrected chi connectivity index (χ4v) is 8.51. The van der Waals surface area contributed by atoms with Gasteiger partial charge < -0.3 is 45.0 Å². The zero-order chi connectivity index (χ0) is 47.3. The number of unbranched alkanes of at least 4 members (excludes halogenated alkanes) is 22. The second-order valence-electron chi connectivity index (χ2n) is 17.5. The summed E-state index contributed by atoms with van der Waals surface area (Å²) in [6, 6.07) is 0. The lowest BCUT2D eigenvalue weighted by Gasteiger charge is -2.41. The van der Waals surface area contributed by atoms with Gasteiger partial charge in [-0.25, -0.2) is 4.57 Å². The SMILES string of the molecule is CCCCCCCC/C=C/C/C=C/C=C/C(O)CCCC(=O)O[C@H](COC(=O)CCCCCCCCCCCCCCCCCCC)COP(=O)(O)OC1[C@H](O)[C@H](O)C(O)[C@H](O)[C@H]1O. The standard InChI is InChI=1S/C49H89O14P/c1-3-5-7-9-11-13-15-17-18-19-20-22-24-26-28-30-32-36-42(51)60-38-41(39-61-64(58,59)63-49-47(56)45(54)44(53)46(55)48(49)57)62-43(52)37-33-35-40(50)34-31-29-27-25-23-21-16-14-12-10-8-6-4-2/h21,23,27,29,31,34,40-41,44-50,53-57H,3-20,22,24-26,28,30,32-33,35-39H2,1-2H3,(H,58,59)/b23-21+,29-27+,34-31+/t40?,41-,44?,45-,46+,47-,48-,49?/m1/s1. The average Bonchev–Trinajstić information content (AvgIpc) is 3.27. The van der Waals surface area contributed by atoms with Gasteiger partial charge in [0.1, 0.15) is 43.2 Å². The van der Waals surface area contributed by atoms with E-state index in [0.29, 0.717) is 6.42 Å². The Balaban J connectivity index is 2.50. The molecule has 9 atom stereocenters. The summed E-state index contributed by atoms with van der Waals surface area (Å²) in [5.74, 6) is -1.29. The van der Waals surface area contributed by atoms with Crippen molar-refractivity contribution >= 4 is 19.8 Å². The molecule has 0 aromatic heterocycles. The lowest BCUT2D eigenvalue weighted by molar-refractivity contribution is -0.220. The van der Waals surface area contributed by atoms with E-state index in [4.69, 9.17) is 18.5 Å². The number of aliphatic hydroxyl groups is 6. The second-order valence-corrected chi connectivity index (χ2v) is 18.9. The number of aliphatic hydroxyl groups excluding tert-OH is 6. The van der Waals surface area contributed by atoms with Gasteiger partial charge in [0.15, 0.2) is 6.10 Å². The Bertz CT molecular complexity index is 1280. The summed E-state index contributed by atoms with van der Waals surface area (Å²) in [5, 5.41) is 60.6. The van der Waals surface area contributed by atoms with Crippen LogP contribution >= 0.6 is 7.82 Å². The summed E-state index contributed by atoms with van der Waals surface area (Å²) in [7, 11) is -5.17. The van der Waals surface area contributed by atoms with Gasteiger partial charge in [0.25, 0.3) is 0 Å². The highest BCUT2D eigenvalue weighted by molar-refractivity contribution is 7.47.